The van der Waals surface area contributed by atoms with Gasteiger partial charge in [0.2, 0.25) is 0 Å². The molecule has 0 spiro atoms. The lowest BCUT2D eigenvalue weighted by Gasteiger charge is -2.18. The summed E-state index contributed by atoms with van der Waals surface area (Å²) in [6.45, 7) is 0.965. The van der Waals surface area contributed by atoms with Crippen LogP contribution in [0.4, 0.5) is 5.82 Å². The van der Waals surface area contributed by atoms with Gasteiger partial charge in [0.25, 0.3) is 0 Å². The van der Waals surface area contributed by atoms with Gasteiger partial charge in [-0.15, -0.1) is 0 Å². The van der Waals surface area contributed by atoms with Gasteiger partial charge in [-0.3, -0.25) is 0 Å². The number of nitrogens with zero attached hydrogens (tertiary/aromatic N) is 4. The van der Waals surface area contributed by atoms with Crippen molar-refractivity contribution >= 4 is 39.2 Å². The van der Waals surface area contributed by atoms with Crippen LogP contribution in [0.3, 0.4) is 0 Å². The van der Waals surface area contributed by atoms with E-state index in [2.05, 4.69) is 37.1 Å². The summed E-state index contributed by atoms with van der Waals surface area (Å²) >= 11 is 5.24. The van der Waals surface area contributed by atoms with Gasteiger partial charge in [0.05, 0.1) is 0 Å². The second-order valence-electron chi connectivity index (χ2n) is 3.46. The first-order chi connectivity index (χ1) is 7.72. The Bertz CT molecular complexity index is 485. The molecule has 0 aliphatic rings. The summed E-state index contributed by atoms with van der Waals surface area (Å²) in [7, 11) is 2.04. The summed E-state index contributed by atoms with van der Waals surface area (Å²) in [5.74, 6) is 1.99. The molecule has 0 saturated carbocycles. The lowest BCUT2D eigenvalue weighted by Crippen LogP contribution is -2.22. The van der Waals surface area contributed by atoms with E-state index in [0.29, 0.717) is 0 Å². The predicted octanol–water partition coefficient (Wildman–Crippen LogP) is 2.29. The normalized spacial score (nSPS) is 10.9. The van der Waals surface area contributed by atoms with Gasteiger partial charge in [0.15, 0.2) is 11.5 Å². The first-order valence-electron chi connectivity index (χ1n) is 4.91. The Hall–Kier alpha value is -0.750. The monoisotopic (exact) mass is 300 g/mol. The summed E-state index contributed by atoms with van der Waals surface area (Å²) in [6, 6.07) is 0. The predicted molar refractivity (Wildman–Crippen MR) is 72.3 cm³/mol. The Labute approximate surface area is 107 Å². The topological polar surface area (TPSA) is 33.4 Å². The number of hydrogen-bond donors (Lipinski definition) is 0. The first kappa shape index (κ1) is 11.7. The summed E-state index contributed by atoms with van der Waals surface area (Å²) in [4.78, 5) is 10.9. The summed E-state index contributed by atoms with van der Waals surface area (Å²) < 4.78 is 2.80. The van der Waals surface area contributed by atoms with Crippen molar-refractivity contribution < 1.29 is 0 Å². The van der Waals surface area contributed by atoms with Crippen molar-refractivity contribution in [2.24, 2.45) is 0 Å². The first-order valence-corrected chi connectivity index (χ1v) is 7.10. The zero-order chi connectivity index (χ0) is 11.5. The number of rotatable bonds is 4. The van der Waals surface area contributed by atoms with Crippen LogP contribution in [0.25, 0.3) is 5.65 Å². The van der Waals surface area contributed by atoms with E-state index >= 15 is 0 Å². The highest BCUT2D eigenvalue weighted by molar-refractivity contribution is 9.10. The zero-order valence-corrected chi connectivity index (χ0v) is 11.6. The second kappa shape index (κ2) is 5.05. The Kier molecular flexibility index (Phi) is 3.70. The molecule has 0 bridgehead atoms. The van der Waals surface area contributed by atoms with Crippen LogP contribution in [0.1, 0.15) is 0 Å². The molecule has 2 rings (SSSR count). The van der Waals surface area contributed by atoms with Gasteiger partial charge in [0, 0.05) is 37.9 Å². The molecule has 2 aromatic heterocycles. The fourth-order valence-electron chi connectivity index (χ4n) is 1.48. The molecule has 0 aliphatic heterocycles. The SMILES string of the molecule is CSCCN(C)c1nc(Br)cn2ccnc12. The molecule has 0 atom stereocenters. The quantitative estimate of drug-likeness (QED) is 0.867. The molecule has 0 fully saturated rings. The molecule has 0 aliphatic carbocycles. The molecule has 2 aromatic rings. The van der Waals surface area contributed by atoms with E-state index in [1.807, 2.05) is 35.6 Å². The zero-order valence-electron chi connectivity index (χ0n) is 9.22. The third kappa shape index (κ3) is 2.32. The molecule has 16 heavy (non-hydrogen) atoms. The minimum Gasteiger partial charge on any atom is -0.356 e. The van der Waals surface area contributed by atoms with Gasteiger partial charge in [-0.1, -0.05) is 0 Å². The Morgan fingerprint density at radius 2 is 2.38 bits per heavy atom. The van der Waals surface area contributed by atoms with E-state index < -0.39 is 0 Å². The molecule has 4 nitrogen and oxygen atoms in total. The van der Waals surface area contributed by atoms with Crippen LogP contribution in [0.15, 0.2) is 23.2 Å². The Morgan fingerprint density at radius 1 is 1.56 bits per heavy atom. The van der Waals surface area contributed by atoms with Crippen LogP contribution >= 0.6 is 27.7 Å². The lowest BCUT2D eigenvalue weighted by molar-refractivity contribution is 0.930. The minimum atomic E-state index is 0.823. The number of aromatic nitrogens is 3. The molecule has 0 unspecified atom stereocenters. The van der Waals surface area contributed by atoms with Crippen LogP contribution in [0, 0.1) is 0 Å². The number of halogens is 1. The average molecular weight is 301 g/mol. The Morgan fingerprint density at radius 3 is 3.12 bits per heavy atom. The largest absolute Gasteiger partial charge is 0.356 e. The summed E-state index contributed by atoms with van der Waals surface area (Å²) in [5.41, 5.74) is 0.895. The highest BCUT2D eigenvalue weighted by Gasteiger charge is 2.10. The van der Waals surface area contributed by atoms with Crippen LogP contribution in [0.5, 0.6) is 0 Å². The molecule has 0 N–H and O–H groups in total. The highest BCUT2D eigenvalue weighted by atomic mass is 79.9. The molecule has 0 aromatic carbocycles. The number of thioether (sulfide) groups is 1. The van der Waals surface area contributed by atoms with E-state index in [-0.39, 0.29) is 0 Å². The van der Waals surface area contributed by atoms with Gasteiger partial charge >= 0.3 is 0 Å². The molecule has 0 radical (unpaired) electrons. The fourth-order valence-corrected chi connectivity index (χ4v) is 2.32. The van der Waals surface area contributed by atoms with Gasteiger partial charge in [-0.2, -0.15) is 11.8 Å². The van der Waals surface area contributed by atoms with Gasteiger partial charge < -0.3 is 9.30 Å². The van der Waals surface area contributed by atoms with Crippen molar-refractivity contribution in [1.82, 2.24) is 14.4 Å². The third-order valence-electron chi connectivity index (χ3n) is 2.32. The third-order valence-corrected chi connectivity index (χ3v) is 3.29. The number of imidazole rings is 1. The molecule has 6 heteroatoms. The maximum Gasteiger partial charge on any atom is 0.180 e. The standard InChI is InChI=1S/C10H13BrN4S/c1-14(5-6-16-2)10-9-12-3-4-15(9)7-8(11)13-10/h3-4,7H,5-6H2,1-2H3. The van der Waals surface area contributed by atoms with Crippen molar-refractivity contribution in [3.05, 3.63) is 23.2 Å². The molecular formula is C10H13BrN4S. The van der Waals surface area contributed by atoms with E-state index in [1.165, 1.54) is 0 Å². The average Bonchev–Trinajstić information content (AvgIpc) is 2.72. The van der Waals surface area contributed by atoms with Crippen molar-refractivity contribution in [2.75, 3.05) is 30.5 Å². The molecular weight excluding hydrogens is 288 g/mol. The summed E-state index contributed by atoms with van der Waals surface area (Å²) in [5, 5.41) is 0. The van der Waals surface area contributed by atoms with E-state index in [0.717, 1.165) is 28.4 Å². The van der Waals surface area contributed by atoms with E-state index in [9.17, 15) is 0 Å². The summed E-state index contributed by atoms with van der Waals surface area (Å²) in [6.07, 6.45) is 7.73. The van der Waals surface area contributed by atoms with Crippen LogP contribution in [-0.4, -0.2) is 40.0 Å². The number of anilines is 1. The number of hydrogen-bond acceptors (Lipinski definition) is 4. The van der Waals surface area contributed by atoms with Crippen molar-refractivity contribution in [3.63, 3.8) is 0 Å². The van der Waals surface area contributed by atoms with Crippen LogP contribution < -0.4 is 4.90 Å². The van der Waals surface area contributed by atoms with Gasteiger partial charge in [0.1, 0.15) is 4.60 Å². The van der Waals surface area contributed by atoms with Crippen molar-refractivity contribution in [1.29, 1.82) is 0 Å². The molecule has 0 saturated heterocycles. The van der Waals surface area contributed by atoms with Crippen LogP contribution in [0.2, 0.25) is 0 Å². The van der Waals surface area contributed by atoms with E-state index in [4.69, 9.17) is 0 Å². The highest BCUT2D eigenvalue weighted by Crippen LogP contribution is 2.19. The maximum atomic E-state index is 4.48. The molecule has 86 valence electrons. The smallest absolute Gasteiger partial charge is 0.180 e. The van der Waals surface area contributed by atoms with E-state index in [1.54, 1.807) is 6.20 Å². The number of fused-ring (bicyclic) bond motifs is 1. The van der Waals surface area contributed by atoms with Crippen molar-refractivity contribution in [3.8, 4) is 0 Å². The van der Waals surface area contributed by atoms with Crippen LogP contribution in [-0.2, 0) is 0 Å². The molecule has 0 amide bonds. The minimum absolute atomic E-state index is 0.823. The maximum absolute atomic E-state index is 4.48. The molecule has 2 heterocycles. The fraction of sp³-hybridized carbons (Fsp3) is 0.400. The lowest BCUT2D eigenvalue weighted by atomic mass is 10.5. The Balaban J connectivity index is 2.38. The second-order valence-corrected chi connectivity index (χ2v) is 5.26. The van der Waals surface area contributed by atoms with Gasteiger partial charge in [-0.05, 0) is 22.2 Å². The van der Waals surface area contributed by atoms with Crippen molar-refractivity contribution in [2.45, 2.75) is 0 Å². The van der Waals surface area contributed by atoms with Gasteiger partial charge in [-0.25, -0.2) is 9.97 Å².